The lowest BCUT2D eigenvalue weighted by Crippen LogP contribution is -2.27. The van der Waals surface area contributed by atoms with Crippen LogP contribution >= 0.6 is 0 Å². The number of methoxy groups -OCH3 is 1. The molecular weight excluding hydrogens is 328 g/mol. The number of rotatable bonds is 5. The van der Waals surface area contributed by atoms with E-state index in [1.807, 2.05) is 31.2 Å². The van der Waals surface area contributed by atoms with Gasteiger partial charge in [-0.25, -0.2) is 13.6 Å². The molecule has 0 aliphatic carbocycles. The SMILES string of the molecule is COc1ccc(S(N)(=O)=O)cc1C(=O)N(C)Cc1ccccc1C. The van der Waals surface area contributed by atoms with E-state index < -0.39 is 10.0 Å². The molecule has 0 atom stereocenters. The van der Waals surface area contributed by atoms with Gasteiger partial charge in [0.05, 0.1) is 17.6 Å². The monoisotopic (exact) mass is 348 g/mol. The molecule has 0 aliphatic heterocycles. The van der Waals surface area contributed by atoms with Crippen molar-refractivity contribution >= 4 is 15.9 Å². The number of carbonyl (C=O) groups is 1. The smallest absolute Gasteiger partial charge is 0.257 e. The van der Waals surface area contributed by atoms with E-state index in [0.717, 1.165) is 11.1 Å². The summed E-state index contributed by atoms with van der Waals surface area (Å²) < 4.78 is 28.2. The number of nitrogens with two attached hydrogens (primary N) is 1. The van der Waals surface area contributed by atoms with E-state index in [2.05, 4.69) is 0 Å². The first-order valence-electron chi connectivity index (χ1n) is 7.25. The number of benzene rings is 2. The molecule has 0 saturated carbocycles. The van der Waals surface area contributed by atoms with Crippen LogP contribution in [0.1, 0.15) is 21.5 Å². The van der Waals surface area contributed by atoms with E-state index in [1.54, 1.807) is 7.05 Å². The van der Waals surface area contributed by atoms with Gasteiger partial charge in [0.1, 0.15) is 5.75 Å². The van der Waals surface area contributed by atoms with Crippen molar-refractivity contribution < 1.29 is 17.9 Å². The highest BCUT2D eigenvalue weighted by Crippen LogP contribution is 2.24. The normalized spacial score (nSPS) is 11.2. The van der Waals surface area contributed by atoms with E-state index in [1.165, 1.54) is 30.2 Å². The third kappa shape index (κ3) is 3.93. The van der Waals surface area contributed by atoms with Gasteiger partial charge in [0.15, 0.2) is 0 Å². The van der Waals surface area contributed by atoms with E-state index >= 15 is 0 Å². The molecule has 0 fully saturated rings. The lowest BCUT2D eigenvalue weighted by Gasteiger charge is -2.20. The fraction of sp³-hybridized carbons (Fsp3) is 0.235. The van der Waals surface area contributed by atoms with Crippen LogP contribution in [-0.2, 0) is 16.6 Å². The lowest BCUT2D eigenvalue weighted by atomic mass is 10.1. The Morgan fingerprint density at radius 3 is 2.46 bits per heavy atom. The number of amides is 1. The van der Waals surface area contributed by atoms with Crippen LogP contribution in [0.4, 0.5) is 0 Å². The van der Waals surface area contributed by atoms with E-state index in [0.29, 0.717) is 12.3 Å². The number of hydrogen-bond acceptors (Lipinski definition) is 4. The van der Waals surface area contributed by atoms with Crippen molar-refractivity contribution in [3.8, 4) is 5.75 Å². The van der Waals surface area contributed by atoms with Gasteiger partial charge in [-0.1, -0.05) is 24.3 Å². The van der Waals surface area contributed by atoms with Crippen molar-refractivity contribution in [2.75, 3.05) is 14.2 Å². The van der Waals surface area contributed by atoms with Gasteiger partial charge < -0.3 is 9.64 Å². The van der Waals surface area contributed by atoms with Gasteiger partial charge in [-0.3, -0.25) is 4.79 Å². The zero-order valence-electron chi connectivity index (χ0n) is 13.8. The predicted octanol–water partition coefficient (Wildman–Crippen LogP) is 1.92. The Morgan fingerprint density at radius 2 is 1.88 bits per heavy atom. The van der Waals surface area contributed by atoms with E-state index in [-0.39, 0.29) is 16.4 Å². The van der Waals surface area contributed by atoms with Crippen LogP contribution in [0.15, 0.2) is 47.4 Å². The number of primary sulfonamides is 1. The average Bonchev–Trinajstić information content (AvgIpc) is 2.54. The molecule has 1 amide bonds. The Bertz CT molecular complexity index is 863. The minimum Gasteiger partial charge on any atom is -0.496 e. The lowest BCUT2D eigenvalue weighted by molar-refractivity contribution is 0.0781. The van der Waals surface area contributed by atoms with Crippen molar-refractivity contribution in [3.05, 3.63) is 59.2 Å². The van der Waals surface area contributed by atoms with Gasteiger partial charge in [-0.05, 0) is 36.2 Å². The van der Waals surface area contributed by atoms with Crippen LogP contribution in [0, 0.1) is 6.92 Å². The molecule has 0 aliphatic rings. The second-order valence-electron chi connectivity index (χ2n) is 5.49. The maximum Gasteiger partial charge on any atom is 0.257 e. The molecule has 2 aromatic carbocycles. The zero-order valence-corrected chi connectivity index (χ0v) is 14.6. The molecule has 0 spiro atoms. The largest absolute Gasteiger partial charge is 0.496 e. The highest BCUT2D eigenvalue weighted by atomic mass is 32.2. The standard InChI is InChI=1S/C17H20N2O4S/c1-12-6-4-5-7-13(12)11-19(2)17(20)15-10-14(24(18,21)22)8-9-16(15)23-3/h4-10H,11H2,1-3H3,(H2,18,21,22). The Labute approximate surface area is 141 Å². The Balaban J connectivity index is 2.36. The molecule has 7 heteroatoms. The molecule has 0 aromatic heterocycles. The van der Waals surface area contributed by atoms with Crippen molar-refractivity contribution in [2.45, 2.75) is 18.4 Å². The molecule has 2 aromatic rings. The van der Waals surface area contributed by atoms with Gasteiger partial charge in [0, 0.05) is 13.6 Å². The quantitative estimate of drug-likeness (QED) is 0.894. The first kappa shape index (κ1) is 18.0. The fourth-order valence-electron chi connectivity index (χ4n) is 2.35. The zero-order chi connectivity index (χ0) is 17.9. The first-order valence-corrected chi connectivity index (χ1v) is 8.79. The van der Waals surface area contributed by atoms with E-state index in [9.17, 15) is 13.2 Å². The van der Waals surface area contributed by atoms with Crippen molar-refractivity contribution in [2.24, 2.45) is 5.14 Å². The minimum absolute atomic E-state index is 0.129. The summed E-state index contributed by atoms with van der Waals surface area (Å²) in [5, 5.41) is 5.14. The summed E-state index contributed by atoms with van der Waals surface area (Å²) in [7, 11) is -0.830. The van der Waals surface area contributed by atoms with Crippen LogP contribution in [0.2, 0.25) is 0 Å². The molecule has 6 nitrogen and oxygen atoms in total. The molecule has 0 bridgehead atoms. The molecule has 0 unspecified atom stereocenters. The van der Waals surface area contributed by atoms with Gasteiger partial charge >= 0.3 is 0 Å². The van der Waals surface area contributed by atoms with Crippen LogP contribution in [0.3, 0.4) is 0 Å². The molecular formula is C17H20N2O4S. The summed E-state index contributed by atoms with van der Waals surface area (Å²) in [5.74, 6) is -0.0513. The van der Waals surface area contributed by atoms with Crippen LogP contribution in [0.25, 0.3) is 0 Å². The predicted molar refractivity (Wildman–Crippen MR) is 91.3 cm³/mol. The summed E-state index contributed by atoms with van der Waals surface area (Å²) in [5.41, 5.74) is 2.23. The second-order valence-corrected chi connectivity index (χ2v) is 7.06. The molecule has 2 rings (SSSR count). The topological polar surface area (TPSA) is 89.7 Å². The number of ether oxygens (including phenoxy) is 1. The maximum atomic E-state index is 12.7. The summed E-state index contributed by atoms with van der Waals surface area (Å²) in [6.07, 6.45) is 0. The van der Waals surface area contributed by atoms with Crippen molar-refractivity contribution in [3.63, 3.8) is 0 Å². The molecule has 0 radical (unpaired) electrons. The second kappa shape index (κ2) is 7.02. The number of sulfonamides is 1. The fourth-order valence-corrected chi connectivity index (χ4v) is 2.89. The van der Waals surface area contributed by atoms with Gasteiger partial charge in [0.25, 0.3) is 5.91 Å². The Hall–Kier alpha value is -2.38. The number of carbonyl (C=O) groups excluding carboxylic acids is 1. The van der Waals surface area contributed by atoms with E-state index in [4.69, 9.17) is 9.88 Å². The summed E-state index contributed by atoms with van der Waals surface area (Å²) in [6.45, 7) is 2.37. The van der Waals surface area contributed by atoms with Gasteiger partial charge in [-0.15, -0.1) is 0 Å². The molecule has 0 saturated heterocycles. The van der Waals surface area contributed by atoms with Crippen molar-refractivity contribution in [1.82, 2.24) is 4.90 Å². The third-order valence-electron chi connectivity index (χ3n) is 3.75. The Kier molecular flexibility index (Phi) is 5.26. The first-order chi connectivity index (χ1) is 11.2. The number of nitrogens with zero attached hydrogens (tertiary/aromatic N) is 1. The average molecular weight is 348 g/mol. The number of hydrogen-bond donors (Lipinski definition) is 1. The summed E-state index contributed by atoms with van der Waals surface area (Å²) in [4.78, 5) is 14.1. The van der Waals surface area contributed by atoms with Gasteiger partial charge in [-0.2, -0.15) is 0 Å². The molecule has 0 heterocycles. The summed E-state index contributed by atoms with van der Waals surface area (Å²) in [6, 6.07) is 11.7. The molecule has 24 heavy (non-hydrogen) atoms. The van der Waals surface area contributed by atoms with Crippen LogP contribution < -0.4 is 9.88 Å². The maximum absolute atomic E-state index is 12.7. The van der Waals surface area contributed by atoms with Crippen molar-refractivity contribution in [1.29, 1.82) is 0 Å². The highest BCUT2D eigenvalue weighted by molar-refractivity contribution is 7.89. The molecule has 2 N–H and O–H groups in total. The summed E-state index contributed by atoms with van der Waals surface area (Å²) >= 11 is 0. The van der Waals surface area contributed by atoms with Crippen LogP contribution in [0.5, 0.6) is 5.75 Å². The van der Waals surface area contributed by atoms with Gasteiger partial charge in [0.2, 0.25) is 10.0 Å². The minimum atomic E-state index is -3.90. The highest BCUT2D eigenvalue weighted by Gasteiger charge is 2.20. The number of aryl methyl sites for hydroxylation is 1. The third-order valence-corrected chi connectivity index (χ3v) is 4.66. The molecule has 128 valence electrons. The van der Waals surface area contributed by atoms with Crippen LogP contribution in [-0.4, -0.2) is 33.4 Å². The Morgan fingerprint density at radius 1 is 1.21 bits per heavy atom.